The maximum Gasteiger partial charge on any atom is 0.203 e. The summed E-state index contributed by atoms with van der Waals surface area (Å²) < 4.78 is 21.4. The summed E-state index contributed by atoms with van der Waals surface area (Å²) in [5.74, 6) is 1.96. The van der Waals surface area contributed by atoms with Crippen molar-refractivity contribution >= 4 is 0 Å². The topological polar surface area (TPSA) is 49.0 Å². The Morgan fingerprint density at radius 1 is 0.950 bits per heavy atom. The molecule has 0 saturated carbocycles. The first-order valence-corrected chi connectivity index (χ1v) is 6.52. The lowest BCUT2D eigenvalue weighted by Gasteiger charge is -2.23. The van der Waals surface area contributed by atoms with Gasteiger partial charge in [-0.25, -0.2) is 0 Å². The third-order valence-electron chi connectivity index (χ3n) is 3.20. The molecule has 0 bridgehead atoms. The molecule has 114 valence electrons. The van der Waals surface area contributed by atoms with Gasteiger partial charge >= 0.3 is 0 Å². The van der Waals surface area contributed by atoms with Gasteiger partial charge in [0.2, 0.25) is 5.75 Å². The first kappa shape index (κ1) is 16.6. The quantitative estimate of drug-likeness (QED) is 0.793. The minimum Gasteiger partial charge on any atom is -0.493 e. The van der Waals surface area contributed by atoms with Gasteiger partial charge in [-0.2, -0.15) is 0 Å². The lowest BCUT2D eigenvalue weighted by molar-refractivity contribution is 0.0230. The fourth-order valence-corrected chi connectivity index (χ4v) is 1.87. The molecule has 0 spiro atoms. The molecule has 5 heteroatoms. The fourth-order valence-electron chi connectivity index (χ4n) is 1.87. The van der Waals surface area contributed by atoms with Crippen LogP contribution in [-0.2, 0) is 11.3 Å². The SMILES string of the molecule is COc1ccc(CNCC(C)(C)OC)c(OC)c1OC. The lowest BCUT2D eigenvalue weighted by atomic mass is 10.1. The van der Waals surface area contributed by atoms with Crippen LogP contribution in [0.25, 0.3) is 0 Å². The van der Waals surface area contributed by atoms with Crippen molar-refractivity contribution in [3.8, 4) is 17.2 Å². The Labute approximate surface area is 121 Å². The van der Waals surface area contributed by atoms with E-state index in [9.17, 15) is 0 Å². The Balaban J connectivity index is 2.85. The summed E-state index contributed by atoms with van der Waals surface area (Å²) in [6.45, 7) is 5.47. The predicted octanol–water partition coefficient (Wildman–Crippen LogP) is 2.23. The molecular weight excluding hydrogens is 258 g/mol. The van der Waals surface area contributed by atoms with Crippen LogP contribution in [-0.4, -0.2) is 40.6 Å². The molecule has 0 atom stereocenters. The van der Waals surface area contributed by atoms with E-state index in [-0.39, 0.29) is 5.60 Å². The van der Waals surface area contributed by atoms with E-state index in [1.807, 2.05) is 26.0 Å². The zero-order valence-electron chi connectivity index (χ0n) is 13.2. The summed E-state index contributed by atoms with van der Waals surface area (Å²) in [5.41, 5.74) is 0.807. The normalized spacial score (nSPS) is 11.3. The van der Waals surface area contributed by atoms with E-state index in [1.54, 1.807) is 28.4 Å². The van der Waals surface area contributed by atoms with Crippen LogP contribution >= 0.6 is 0 Å². The second-order valence-electron chi connectivity index (χ2n) is 5.06. The summed E-state index contributed by atoms with van der Waals surface area (Å²) in [6.07, 6.45) is 0. The summed E-state index contributed by atoms with van der Waals surface area (Å²) >= 11 is 0. The van der Waals surface area contributed by atoms with Crippen molar-refractivity contribution < 1.29 is 18.9 Å². The average Bonchev–Trinajstić information content (AvgIpc) is 2.46. The van der Waals surface area contributed by atoms with E-state index in [0.29, 0.717) is 23.8 Å². The Morgan fingerprint density at radius 2 is 1.60 bits per heavy atom. The highest BCUT2D eigenvalue weighted by Crippen LogP contribution is 2.39. The molecule has 1 rings (SSSR count). The number of methoxy groups -OCH3 is 4. The van der Waals surface area contributed by atoms with Crippen molar-refractivity contribution in [2.45, 2.75) is 26.0 Å². The standard InChI is InChI=1S/C15H25NO4/c1-15(2,20-6)10-16-9-11-7-8-12(17-3)14(19-5)13(11)18-4/h7-8,16H,9-10H2,1-6H3. The van der Waals surface area contributed by atoms with E-state index < -0.39 is 0 Å². The second-order valence-corrected chi connectivity index (χ2v) is 5.06. The Hall–Kier alpha value is -1.46. The number of ether oxygens (including phenoxy) is 4. The molecule has 0 aliphatic carbocycles. The zero-order valence-corrected chi connectivity index (χ0v) is 13.2. The first-order valence-electron chi connectivity index (χ1n) is 6.52. The van der Waals surface area contributed by atoms with E-state index in [2.05, 4.69) is 5.32 Å². The largest absolute Gasteiger partial charge is 0.493 e. The van der Waals surface area contributed by atoms with Crippen molar-refractivity contribution in [3.05, 3.63) is 17.7 Å². The van der Waals surface area contributed by atoms with Gasteiger partial charge in [-0.15, -0.1) is 0 Å². The van der Waals surface area contributed by atoms with Gasteiger partial charge < -0.3 is 24.3 Å². The molecule has 0 heterocycles. The van der Waals surface area contributed by atoms with Crippen molar-refractivity contribution in [2.75, 3.05) is 35.0 Å². The van der Waals surface area contributed by atoms with Crippen LogP contribution in [0.5, 0.6) is 17.2 Å². The van der Waals surface area contributed by atoms with E-state index >= 15 is 0 Å². The molecule has 0 saturated heterocycles. The third kappa shape index (κ3) is 4.02. The number of nitrogens with one attached hydrogen (secondary N) is 1. The minimum atomic E-state index is -0.205. The molecule has 0 amide bonds. The van der Waals surface area contributed by atoms with Gasteiger partial charge in [0.25, 0.3) is 0 Å². The van der Waals surface area contributed by atoms with Crippen LogP contribution in [0.4, 0.5) is 0 Å². The van der Waals surface area contributed by atoms with Crippen LogP contribution in [0, 0.1) is 0 Å². The van der Waals surface area contributed by atoms with Gasteiger partial charge in [-0.1, -0.05) is 6.07 Å². The van der Waals surface area contributed by atoms with Crippen LogP contribution in [0.15, 0.2) is 12.1 Å². The maximum atomic E-state index is 5.44. The molecule has 0 aromatic heterocycles. The van der Waals surface area contributed by atoms with Crippen LogP contribution in [0.3, 0.4) is 0 Å². The van der Waals surface area contributed by atoms with E-state index in [4.69, 9.17) is 18.9 Å². The number of benzene rings is 1. The minimum absolute atomic E-state index is 0.205. The summed E-state index contributed by atoms with van der Waals surface area (Å²) in [4.78, 5) is 0. The second kappa shape index (κ2) is 7.36. The zero-order chi connectivity index (χ0) is 15.2. The average molecular weight is 283 g/mol. The van der Waals surface area contributed by atoms with E-state index in [0.717, 1.165) is 12.1 Å². The van der Waals surface area contributed by atoms with Crippen molar-refractivity contribution in [1.29, 1.82) is 0 Å². The van der Waals surface area contributed by atoms with Crippen molar-refractivity contribution in [3.63, 3.8) is 0 Å². The number of hydrogen-bond acceptors (Lipinski definition) is 5. The Bertz CT molecular complexity index is 432. The van der Waals surface area contributed by atoms with Crippen LogP contribution < -0.4 is 19.5 Å². The summed E-state index contributed by atoms with van der Waals surface area (Å²) in [7, 11) is 6.54. The highest BCUT2D eigenvalue weighted by molar-refractivity contribution is 5.55. The molecule has 1 aromatic carbocycles. The molecule has 5 nitrogen and oxygen atoms in total. The molecule has 1 N–H and O–H groups in total. The van der Waals surface area contributed by atoms with Gasteiger partial charge in [0.05, 0.1) is 26.9 Å². The van der Waals surface area contributed by atoms with Gasteiger partial charge in [0, 0.05) is 25.8 Å². The van der Waals surface area contributed by atoms with Gasteiger partial charge in [-0.05, 0) is 19.9 Å². The highest BCUT2D eigenvalue weighted by atomic mass is 16.5. The molecule has 0 aliphatic rings. The highest BCUT2D eigenvalue weighted by Gasteiger charge is 2.18. The Morgan fingerprint density at radius 3 is 2.10 bits per heavy atom. The summed E-state index contributed by atoms with van der Waals surface area (Å²) in [6, 6.07) is 3.84. The van der Waals surface area contributed by atoms with Gasteiger partial charge in [0.15, 0.2) is 11.5 Å². The van der Waals surface area contributed by atoms with E-state index in [1.165, 1.54) is 0 Å². The van der Waals surface area contributed by atoms with Crippen molar-refractivity contribution in [2.24, 2.45) is 0 Å². The monoisotopic (exact) mass is 283 g/mol. The van der Waals surface area contributed by atoms with Crippen molar-refractivity contribution in [1.82, 2.24) is 5.32 Å². The number of rotatable bonds is 8. The molecule has 0 aliphatic heterocycles. The maximum absolute atomic E-state index is 5.44. The van der Waals surface area contributed by atoms with Crippen LogP contribution in [0.2, 0.25) is 0 Å². The first-order chi connectivity index (χ1) is 9.49. The van der Waals surface area contributed by atoms with Crippen LogP contribution in [0.1, 0.15) is 19.4 Å². The molecule has 20 heavy (non-hydrogen) atoms. The molecule has 0 unspecified atom stereocenters. The van der Waals surface area contributed by atoms with Gasteiger partial charge in [0.1, 0.15) is 0 Å². The molecular formula is C15H25NO4. The predicted molar refractivity (Wildman–Crippen MR) is 78.9 cm³/mol. The summed E-state index contributed by atoms with van der Waals surface area (Å²) in [5, 5.41) is 3.36. The molecule has 1 aromatic rings. The smallest absolute Gasteiger partial charge is 0.203 e. The lowest BCUT2D eigenvalue weighted by Crippen LogP contribution is -2.36. The Kier molecular flexibility index (Phi) is 6.10. The van der Waals surface area contributed by atoms with Gasteiger partial charge in [-0.3, -0.25) is 0 Å². The number of hydrogen-bond donors (Lipinski definition) is 1. The third-order valence-corrected chi connectivity index (χ3v) is 3.20. The fraction of sp³-hybridized carbons (Fsp3) is 0.600. The molecule has 0 radical (unpaired) electrons. The molecule has 0 fully saturated rings.